The van der Waals surface area contributed by atoms with E-state index in [9.17, 15) is 8.42 Å². The Bertz CT molecular complexity index is 855. The molecule has 1 atom stereocenters. The highest BCUT2D eigenvalue weighted by molar-refractivity contribution is 7.89. The molecule has 1 N–H and O–H groups in total. The minimum atomic E-state index is -3.64. The van der Waals surface area contributed by atoms with E-state index in [0.717, 1.165) is 5.56 Å². The van der Waals surface area contributed by atoms with Crippen LogP contribution < -0.4 is 14.8 Å². The summed E-state index contributed by atoms with van der Waals surface area (Å²) in [4.78, 5) is 0.236. The van der Waals surface area contributed by atoms with E-state index in [1.54, 1.807) is 22.5 Å². The Morgan fingerprint density at radius 2 is 1.76 bits per heavy atom. The van der Waals surface area contributed by atoms with Gasteiger partial charge in [-0.1, -0.05) is 30.3 Å². The summed E-state index contributed by atoms with van der Waals surface area (Å²) in [6, 6.07) is 14.3. The Labute approximate surface area is 147 Å². The molecule has 2 heterocycles. The molecule has 1 unspecified atom stereocenters. The van der Waals surface area contributed by atoms with Crippen molar-refractivity contribution in [3.8, 4) is 11.5 Å². The van der Waals surface area contributed by atoms with Crippen molar-refractivity contribution in [1.29, 1.82) is 0 Å². The van der Waals surface area contributed by atoms with E-state index < -0.39 is 10.0 Å². The molecule has 2 aromatic carbocycles. The van der Waals surface area contributed by atoms with E-state index in [-0.39, 0.29) is 10.9 Å². The smallest absolute Gasteiger partial charge is 0.243 e. The van der Waals surface area contributed by atoms with Crippen molar-refractivity contribution in [2.24, 2.45) is 0 Å². The van der Waals surface area contributed by atoms with E-state index in [1.165, 1.54) is 0 Å². The third kappa shape index (κ3) is 3.10. The lowest BCUT2D eigenvalue weighted by Crippen LogP contribution is -2.48. The van der Waals surface area contributed by atoms with Gasteiger partial charge in [-0.2, -0.15) is 4.31 Å². The number of rotatable bonds is 3. The largest absolute Gasteiger partial charge is 0.486 e. The van der Waals surface area contributed by atoms with Crippen molar-refractivity contribution in [3.63, 3.8) is 0 Å². The first-order chi connectivity index (χ1) is 12.2. The van der Waals surface area contributed by atoms with Crippen molar-refractivity contribution >= 4 is 10.0 Å². The fraction of sp³-hybridized carbons (Fsp3) is 0.333. The Morgan fingerprint density at radius 1 is 1.00 bits per heavy atom. The summed E-state index contributed by atoms with van der Waals surface area (Å²) < 4.78 is 39.1. The molecular weight excluding hydrogens is 340 g/mol. The maximum Gasteiger partial charge on any atom is 0.243 e. The van der Waals surface area contributed by atoms with Gasteiger partial charge in [-0.05, 0) is 17.7 Å². The predicted molar refractivity (Wildman–Crippen MR) is 93.4 cm³/mol. The summed E-state index contributed by atoms with van der Waals surface area (Å²) >= 11 is 0. The maximum atomic E-state index is 13.3. The first-order valence-electron chi connectivity index (χ1n) is 8.33. The summed E-state index contributed by atoms with van der Waals surface area (Å²) in [7, 11) is -3.64. The van der Waals surface area contributed by atoms with Gasteiger partial charge in [0.05, 0.1) is 10.9 Å². The number of sulfonamides is 1. The van der Waals surface area contributed by atoms with Crippen LogP contribution in [0, 0.1) is 0 Å². The van der Waals surface area contributed by atoms with Crippen molar-refractivity contribution in [2.75, 3.05) is 32.8 Å². The molecule has 6 nitrogen and oxygen atoms in total. The molecule has 7 heteroatoms. The zero-order valence-electron chi connectivity index (χ0n) is 13.7. The summed E-state index contributed by atoms with van der Waals surface area (Å²) in [5.41, 5.74) is 0.982. The molecule has 1 saturated heterocycles. The van der Waals surface area contributed by atoms with Crippen molar-refractivity contribution < 1.29 is 17.9 Å². The summed E-state index contributed by atoms with van der Waals surface area (Å²) in [6.45, 7) is 2.56. The van der Waals surface area contributed by atoms with Crippen LogP contribution in [0.2, 0.25) is 0 Å². The maximum absolute atomic E-state index is 13.3. The number of piperazine rings is 1. The van der Waals surface area contributed by atoms with Gasteiger partial charge in [0.2, 0.25) is 10.0 Å². The van der Waals surface area contributed by atoms with Gasteiger partial charge in [0, 0.05) is 25.7 Å². The van der Waals surface area contributed by atoms with Crippen molar-refractivity contribution in [3.05, 3.63) is 54.1 Å². The number of nitrogens with one attached hydrogen (secondary N) is 1. The van der Waals surface area contributed by atoms with Crippen LogP contribution in [0.5, 0.6) is 11.5 Å². The number of fused-ring (bicyclic) bond motifs is 1. The van der Waals surface area contributed by atoms with Gasteiger partial charge in [0.1, 0.15) is 13.2 Å². The average molecular weight is 360 g/mol. The molecule has 0 aliphatic carbocycles. The van der Waals surface area contributed by atoms with Gasteiger partial charge < -0.3 is 14.8 Å². The van der Waals surface area contributed by atoms with Crippen molar-refractivity contribution in [1.82, 2.24) is 9.62 Å². The molecular formula is C18H20N2O4S. The summed E-state index contributed by atoms with van der Waals surface area (Å²) in [6.07, 6.45) is 0. The molecule has 1 fully saturated rings. The van der Waals surface area contributed by atoms with Crippen molar-refractivity contribution in [2.45, 2.75) is 10.9 Å². The molecule has 0 radical (unpaired) electrons. The monoisotopic (exact) mass is 360 g/mol. The third-order valence-electron chi connectivity index (χ3n) is 4.50. The lowest BCUT2D eigenvalue weighted by atomic mass is 10.1. The highest BCUT2D eigenvalue weighted by Gasteiger charge is 2.35. The molecule has 2 aromatic rings. The lowest BCUT2D eigenvalue weighted by molar-refractivity contribution is 0.171. The Balaban J connectivity index is 1.70. The highest BCUT2D eigenvalue weighted by Crippen LogP contribution is 2.35. The molecule has 25 heavy (non-hydrogen) atoms. The fourth-order valence-electron chi connectivity index (χ4n) is 3.25. The Morgan fingerprint density at radius 3 is 2.56 bits per heavy atom. The Kier molecular flexibility index (Phi) is 4.37. The zero-order valence-corrected chi connectivity index (χ0v) is 14.5. The van der Waals surface area contributed by atoms with Crippen LogP contribution in [0.3, 0.4) is 0 Å². The second-order valence-corrected chi connectivity index (χ2v) is 7.94. The van der Waals surface area contributed by atoms with Crippen LogP contribution in [0.15, 0.2) is 53.4 Å². The number of benzene rings is 2. The molecule has 132 valence electrons. The van der Waals surface area contributed by atoms with Crippen LogP contribution in [0.4, 0.5) is 0 Å². The zero-order chi connectivity index (χ0) is 17.3. The number of hydrogen-bond donors (Lipinski definition) is 1. The average Bonchev–Trinajstić information content (AvgIpc) is 2.68. The normalized spacial score (nSPS) is 21.0. The molecule has 0 aromatic heterocycles. The third-order valence-corrected chi connectivity index (χ3v) is 6.40. The van der Waals surface area contributed by atoms with E-state index in [4.69, 9.17) is 9.47 Å². The predicted octanol–water partition coefficient (Wildman–Crippen LogP) is 1.79. The van der Waals surface area contributed by atoms with Crippen LogP contribution >= 0.6 is 0 Å². The van der Waals surface area contributed by atoms with Crippen LogP contribution in [0.25, 0.3) is 0 Å². The number of hydrogen-bond acceptors (Lipinski definition) is 5. The van der Waals surface area contributed by atoms with E-state index >= 15 is 0 Å². The van der Waals surface area contributed by atoms with Crippen LogP contribution in [0.1, 0.15) is 11.6 Å². The molecule has 0 amide bonds. The Hall–Kier alpha value is -2.09. The molecule has 0 spiro atoms. The van der Waals surface area contributed by atoms with Gasteiger partial charge in [-0.3, -0.25) is 0 Å². The molecule has 2 aliphatic rings. The first kappa shape index (κ1) is 16.4. The second kappa shape index (κ2) is 6.67. The second-order valence-electron chi connectivity index (χ2n) is 6.05. The summed E-state index contributed by atoms with van der Waals surface area (Å²) in [5, 5.41) is 3.29. The number of ether oxygens (including phenoxy) is 2. The minimum absolute atomic E-state index is 0.229. The SMILES string of the molecule is O=S(=O)(c1ccc2c(c1)OCCO2)N1CCNCC1c1ccccc1. The van der Waals surface area contributed by atoms with E-state index in [1.807, 2.05) is 30.3 Å². The van der Waals surface area contributed by atoms with Gasteiger partial charge in [0.25, 0.3) is 0 Å². The fourth-order valence-corrected chi connectivity index (χ4v) is 4.88. The van der Waals surface area contributed by atoms with Crippen LogP contribution in [-0.2, 0) is 10.0 Å². The quantitative estimate of drug-likeness (QED) is 0.904. The first-order valence-corrected chi connectivity index (χ1v) is 9.77. The minimum Gasteiger partial charge on any atom is -0.486 e. The topological polar surface area (TPSA) is 67.9 Å². The molecule has 4 rings (SSSR count). The van der Waals surface area contributed by atoms with Gasteiger partial charge in [0.15, 0.2) is 11.5 Å². The van der Waals surface area contributed by atoms with E-state index in [0.29, 0.717) is 44.3 Å². The standard InChI is InChI=1S/C18H20N2O4S/c21-25(22,15-6-7-17-18(12-15)24-11-10-23-17)20-9-8-19-13-16(20)14-4-2-1-3-5-14/h1-7,12,16,19H,8-11,13H2. The van der Waals surface area contributed by atoms with Gasteiger partial charge >= 0.3 is 0 Å². The molecule has 2 aliphatic heterocycles. The number of nitrogens with zero attached hydrogens (tertiary/aromatic N) is 1. The van der Waals surface area contributed by atoms with Crippen LogP contribution in [-0.4, -0.2) is 45.6 Å². The molecule has 0 saturated carbocycles. The summed E-state index contributed by atoms with van der Waals surface area (Å²) in [5.74, 6) is 1.07. The highest BCUT2D eigenvalue weighted by atomic mass is 32.2. The van der Waals surface area contributed by atoms with E-state index in [2.05, 4.69) is 5.32 Å². The van der Waals surface area contributed by atoms with Gasteiger partial charge in [-0.15, -0.1) is 0 Å². The molecule has 0 bridgehead atoms. The lowest BCUT2D eigenvalue weighted by Gasteiger charge is -2.35. The van der Waals surface area contributed by atoms with Gasteiger partial charge in [-0.25, -0.2) is 8.42 Å².